The van der Waals surface area contributed by atoms with Crippen molar-refractivity contribution in [3.63, 3.8) is 0 Å². The van der Waals surface area contributed by atoms with Crippen molar-refractivity contribution in [3.05, 3.63) is 90.5 Å². The highest BCUT2D eigenvalue weighted by atomic mass is 16.5. The molecular weight excluding hydrogens is 346 g/mol. The Morgan fingerprint density at radius 3 is 2.18 bits per heavy atom. The minimum atomic E-state index is -0.527. The second kappa shape index (κ2) is 8.13. The van der Waals surface area contributed by atoms with E-state index in [4.69, 9.17) is 4.74 Å². The van der Waals surface area contributed by atoms with Crippen LogP contribution in [0.1, 0.15) is 18.9 Å². The third-order valence-corrected chi connectivity index (χ3v) is 5.02. The van der Waals surface area contributed by atoms with Crippen LogP contribution in [0.25, 0.3) is 21.5 Å². The van der Waals surface area contributed by atoms with Crippen LogP contribution < -0.4 is 10.1 Å². The molecule has 4 aromatic rings. The molecule has 140 valence electrons. The normalized spacial score (nSPS) is 12.0. The Morgan fingerprint density at radius 1 is 0.821 bits per heavy atom. The van der Waals surface area contributed by atoms with Crippen molar-refractivity contribution in [1.29, 1.82) is 0 Å². The molecule has 0 aliphatic rings. The quantitative estimate of drug-likeness (QED) is 0.490. The zero-order valence-corrected chi connectivity index (χ0v) is 15.9. The minimum Gasteiger partial charge on any atom is -0.480 e. The largest absolute Gasteiger partial charge is 0.480 e. The highest BCUT2D eigenvalue weighted by Crippen LogP contribution is 2.26. The van der Waals surface area contributed by atoms with Crippen LogP contribution in [0.2, 0.25) is 0 Å². The first kappa shape index (κ1) is 18.1. The van der Waals surface area contributed by atoms with Crippen LogP contribution in [-0.2, 0) is 11.3 Å². The Hall–Kier alpha value is -3.33. The van der Waals surface area contributed by atoms with Crippen LogP contribution >= 0.6 is 0 Å². The van der Waals surface area contributed by atoms with Gasteiger partial charge in [0.15, 0.2) is 6.10 Å². The summed E-state index contributed by atoms with van der Waals surface area (Å²) in [6.07, 6.45) is 0.0747. The summed E-state index contributed by atoms with van der Waals surface area (Å²) < 4.78 is 6.10. The summed E-state index contributed by atoms with van der Waals surface area (Å²) >= 11 is 0. The zero-order chi connectivity index (χ0) is 19.3. The first-order valence-electron chi connectivity index (χ1n) is 9.65. The van der Waals surface area contributed by atoms with Gasteiger partial charge in [-0.3, -0.25) is 4.79 Å². The summed E-state index contributed by atoms with van der Waals surface area (Å²) in [5, 5.41) is 7.50. The van der Waals surface area contributed by atoms with Crippen molar-refractivity contribution in [3.8, 4) is 5.75 Å². The Morgan fingerprint density at radius 2 is 1.43 bits per heavy atom. The lowest BCUT2D eigenvalue weighted by Gasteiger charge is -2.19. The van der Waals surface area contributed by atoms with Crippen LogP contribution in [0.15, 0.2) is 84.9 Å². The number of carbonyl (C=O) groups is 1. The van der Waals surface area contributed by atoms with Gasteiger partial charge in [-0.05, 0) is 34.2 Å². The van der Waals surface area contributed by atoms with Crippen molar-refractivity contribution >= 4 is 27.5 Å². The van der Waals surface area contributed by atoms with E-state index in [1.807, 2.05) is 67.6 Å². The van der Waals surface area contributed by atoms with Crippen LogP contribution in [0, 0.1) is 0 Å². The SMILES string of the molecule is CC[C@@H](Oc1cccc2ccccc12)C(=O)NCc1cccc2ccccc12. The molecule has 0 bridgehead atoms. The summed E-state index contributed by atoms with van der Waals surface area (Å²) in [5.74, 6) is 0.647. The van der Waals surface area contributed by atoms with Gasteiger partial charge in [0.2, 0.25) is 0 Å². The number of rotatable bonds is 6. The maximum absolute atomic E-state index is 12.8. The highest BCUT2D eigenvalue weighted by Gasteiger charge is 2.19. The minimum absolute atomic E-state index is 0.0941. The molecule has 1 atom stereocenters. The van der Waals surface area contributed by atoms with E-state index in [-0.39, 0.29) is 5.91 Å². The van der Waals surface area contributed by atoms with Crippen molar-refractivity contribution in [2.45, 2.75) is 26.0 Å². The molecule has 0 spiro atoms. The van der Waals surface area contributed by atoms with E-state index < -0.39 is 6.10 Å². The molecule has 28 heavy (non-hydrogen) atoms. The number of benzene rings is 4. The Balaban J connectivity index is 1.50. The Bertz CT molecular complexity index is 1110. The van der Waals surface area contributed by atoms with Crippen LogP contribution in [-0.4, -0.2) is 12.0 Å². The molecule has 0 saturated heterocycles. The smallest absolute Gasteiger partial charge is 0.261 e. The summed E-state index contributed by atoms with van der Waals surface area (Å²) in [5.41, 5.74) is 1.10. The maximum Gasteiger partial charge on any atom is 0.261 e. The molecule has 1 amide bonds. The molecule has 1 N–H and O–H groups in total. The van der Waals surface area contributed by atoms with Crippen LogP contribution in [0.3, 0.4) is 0 Å². The standard InChI is InChI=1S/C25H23NO2/c1-2-23(28-24-16-8-12-19-10-4-6-15-22(19)24)25(27)26-17-20-13-7-11-18-9-3-5-14-21(18)20/h3-16,23H,2,17H2,1H3,(H,26,27)/t23-/m1/s1. The molecule has 0 aromatic heterocycles. The van der Waals surface area contributed by atoms with E-state index >= 15 is 0 Å². The van der Waals surface area contributed by atoms with Gasteiger partial charge in [-0.25, -0.2) is 0 Å². The van der Waals surface area contributed by atoms with E-state index in [1.165, 1.54) is 5.39 Å². The highest BCUT2D eigenvalue weighted by molar-refractivity contribution is 5.89. The van der Waals surface area contributed by atoms with E-state index in [1.54, 1.807) is 0 Å². The number of nitrogens with one attached hydrogen (secondary N) is 1. The third kappa shape index (κ3) is 3.70. The first-order chi connectivity index (χ1) is 13.8. The number of amides is 1. The molecule has 0 aliphatic carbocycles. The van der Waals surface area contributed by atoms with Crippen molar-refractivity contribution in [1.82, 2.24) is 5.32 Å². The van der Waals surface area contributed by atoms with Crippen LogP contribution in [0.5, 0.6) is 5.75 Å². The fourth-order valence-corrected chi connectivity index (χ4v) is 3.52. The molecule has 0 radical (unpaired) electrons. The van der Waals surface area contributed by atoms with Gasteiger partial charge in [-0.15, -0.1) is 0 Å². The second-order valence-electron chi connectivity index (χ2n) is 6.85. The van der Waals surface area contributed by atoms with Gasteiger partial charge in [-0.1, -0.05) is 85.8 Å². The van der Waals surface area contributed by atoms with Gasteiger partial charge >= 0.3 is 0 Å². The van der Waals surface area contributed by atoms with Crippen molar-refractivity contribution < 1.29 is 9.53 Å². The van der Waals surface area contributed by atoms with Gasteiger partial charge in [0, 0.05) is 11.9 Å². The molecule has 3 nitrogen and oxygen atoms in total. The first-order valence-corrected chi connectivity index (χ1v) is 9.65. The Kier molecular flexibility index (Phi) is 5.24. The number of ether oxygens (including phenoxy) is 1. The topological polar surface area (TPSA) is 38.3 Å². The monoisotopic (exact) mass is 369 g/mol. The lowest BCUT2D eigenvalue weighted by atomic mass is 10.0. The number of carbonyl (C=O) groups excluding carboxylic acids is 1. The predicted molar refractivity (Wildman–Crippen MR) is 114 cm³/mol. The molecule has 0 aliphatic heterocycles. The van der Waals surface area contributed by atoms with Gasteiger partial charge in [0.25, 0.3) is 5.91 Å². The fourth-order valence-electron chi connectivity index (χ4n) is 3.52. The molecule has 0 saturated carbocycles. The molecule has 0 heterocycles. The number of hydrogen-bond donors (Lipinski definition) is 1. The second-order valence-corrected chi connectivity index (χ2v) is 6.85. The maximum atomic E-state index is 12.8. The number of fused-ring (bicyclic) bond motifs is 2. The fraction of sp³-hybridized carbons (Fsp3) is 0.160. The van der Waals surface area contributed by atoms with Gasteiger partial charge in [0.05, 0.1) is 0 Å². The average Bonchev–Trinajstić information content (AvgIpc) is 2.75. The lowest BCUT2D eigenvalue weighted by Crippen LogP contribution is -2.37. The summed E-state index contributed by atoms with van der Waals surface area (Å²) in [7, 11) is 0. The van der Waals surface area contributed by atoms with E-state index in [2.05, 4.69) is 29.6 Å². The van der Waals surface area contributed by atoms with E-state index in [9.17, 15) is 4.79 Å². The zero-order valence-electron chi connectivity index (χ0n) is 15.9. The summed E-state index contributed by atoms with van der Waals surface area (Å²) in [4.78, 5) is 12.8. The molecule has 4 rings (SSSR count). The number of hydrogen-bond acceptors (Lipinski definition) is 2. The van der Waals surface area contributed by atoms with Gasteiger partial charge in [-0.2, -0.15) is 0 Å². The molecule has 4 aromatic carbocycles. The van der Waals surface area contributed by atoms with Crippen molar-refractivity contribution in [2.24, 2.45) is 0 Å². The average molecular weight is 369 g/mol. The third-order valence-electron chi connectivity index (χ3n) is 5.02. The summed E-state index contributed by atoms with van der Waals surface area (Å²) in [6.45, 7) is 2.45. The van der Waals surface area contributed by atoms with Gasteiger partial charge in [0.1, 0.15) is 5.75 Å². The molecular formula is C25H23NO2. The summed E-state index contributed by atoms with van der Waals surface area (Å²) in [6, 6.07) is 28.3. The lowest BCUT2D eigenvalue weighted by molar-refractivity contribution is -0.128. The van der Waals surface area contributed by atoms with E-state index in [0.717, 1.165) is 27.5 Å². The Labute approximate surface area is 165 Å². The predicted octanol–water partition coefficient (Wildman–Crippen LogP) is 5.47. The van der Waals surface area contributed by atoms with E-state index in [0.29, 0.717) is 13.0 Å². The van der Waals surface area contributed by atoms with Gasteiger partial charge < -0.3 is 10.1 Å². The molecule has 0 fully saturated rings. The molecule has 3 heteroatoms. The molecule has 0 unspecified atom stereocenters. The van der Waals surface area contributed by atoms with Crippen LogP contribution in [0.4, 0.5) is 0 Å². The van der Waals surface area contributed by atoms with Crippen molar-refractivity contribution in [2.75, 3.05) is 0 Å².